The number of nitrogens with one attached hydrogen (secondary N) is 1. The molecule has 0 fully saturated rings. The van der Waals surface area contributed by atoms with Crippen molar-refractivity contribution in [2.45, 2.75) is 0 Å². The van der Waals surface area contributed by atoms with Crippen molar-refractivity contribution in [1.29, 1.82) is 0 Å². The van der Waals surface area contributed by atoms with Crippen molar-refractivity contribution in [3.8, 4) is 17.0 Å². The molecule has 0 saturated carbocycles. The molecule has 0 aliphatic carbocycles. The van der Waals surface area contributed by atoms with Crippen molar-refractivity contribution in [2.24, 2.45) is 7.05 Å². The SMILES string of the molecule is COc1cccc(-c2cc(C(=O)Nc3nc4ccc(Cl)cc4s3)n(C)n2)c1. The zero-order valence-electron chi connectivity index (χ0n) is 14.6. The molecule has 0 radical (unpaired) electrons. The average Bonchev–Trinajstić information content (AvgIpc) is 3.24. The summed E-state index contributed by atoms with van der Waals surface area (Å²) in [6, 6.07) is 14.7. The van der Waals surface area contributed by atoms with Crippen LogP contribution in [-0.2, 0) is 7.05 Å². The number of nitrogens with zero attached hydrogens (tertiary/aromatic N) is 3. The zero-order valence-corrected chi connectivity index (χ0v) is 16.1. The van der Waals surface area contributed by atoms with Gasteiger partial charge in [-0.1, -0.05) is 35.1 Å². The lowest BCUT2D eigenvalue weighted by Gasteiger charge is -2.01. The van der Waals surface area contributed by atoms with Gasteiger partial charge in [0.25, 0.3) is 5.91 Å². The number of benzene rings is 2. The van der Waals surface area contributed by atoms with E-state index in [0.717, 1.165) is 21.5 Å². The third-order valence-corrected chi connectivity index (χ3v) is 5.22. The van der Waals surface area contributed by atoms with Crippen molar-refractivity contribution in [3.05, 3.63) is 59.2 Å². The van der Waals surface area contributed by atoms with E-state index in [1.54, 1.807) is 31.0 Å². The Morgan fingerprint density at radius 1 is 1.22 bits per heavy atom. The lowest BCUT2D eigenvalue weighted by Crippen LogP contribution is -2.15. The minimum Gasteiger partial charge on any atom is -0.497 e. The number of aryl methyl sites for hydroxylation is 1. The van der Waals surface area contributed by atoms with Crippen molar-refractivity contribution in [3.63, 3.8) is 0 Å². The Balaban J connectivity index is 1.60. The number of amides is 1. The van der Waals surface area contributed by atoms with E-state index in [1.165, 1.54) is 11.3 Å². The summed E-state index contributed by atoms with van der Waals surface area (Å²) in [5, 5.41) is 8.43. The summed E-state index contributed by atoms with van der Waals surface area (Å²) in [6.45, 7) is 0. The molecule has 27 heavy (non-hydrogen) atoms. The monoisotopic (exact) mass is 398 g/mol. The third-order valence-electron chi connectivity index (χ3n) is 4.05. The van der Waals surface area contributed by atoms with Crippen LogP contribution in [0.15, 0.2) is 48.5 Å². The van der Waals surface area contributed by atoms with Gasteiger partial charge in [-0.05, 0) is 36.4 Å². The number of ether oxygens (including phenoxy) is 1. The number of carbonyl (C=O) groups is 1. The van der Waals surface area contributed by atoms with E-state index in [1.807, 2.05) is 36.4 Å². The number of carbonyl (C=O) groups excluding carboxylic acids is 1. The van der Waals surface area contributed by atoms with E-state index in [9.17, 15) is 4.79 Å². The first-order chi connectivity index (χ1) is 13.0. The number of methoxy groups -OCH3 is 1. The van der Waals surface area contributed by atoms with Crippen molar-refractivity contribution in [1.82, 2.24) is 14.8 Å². The topological polar surface area (TPSA) is 69.0 Å². The summed E-state index contributed by atoms with van der Waals surface area (Å²) in [5.74, 6) is 0.460. The number of thiazole rings is 1. The van der Waals surface area contributed by atoms with Crippen LogP contribution in [0, 0.1) is 0 Å². The highest BCUT2D eigenvalue weighted by Crippen LogP contribution is 2.29. The molecule has 0 aliphatic heterocycles. The van der Waals surface area contributed by atoms with Crippen LogP contribution in [0.3, 0.4) is 0 Å². The van der Waals surface area contributed by atoms with E-state index in [4.69, 9.17) is 16.3 Å². The Bertz CT molecular complexity index is 1150. The second-order valence-electron chi connectivity index (χ2n) is 5.86. The van der Waals surface area contributed by atoms with Gasteiger partial charge in [0.05, 0.1) is 23.0 Å². The molecule has 4 aromatic rings. The van der Waals surface area contributed by atoms with E-state index in [-0.39, 0.29) is 5.91 Å². The average molecular weight is 399 g/mol. The van der Waals surface area contributed by atoms with Gasteiger partial charge in [-0.15, -0.1) is 0 Å². The molecule has 2 heterocycles. The van der Waals surface area contributed by atoms with Gasteiger partial charge in [0.1, 0.15) is 11.4 Å². The second-order valence-corrected chi connectivity index (χ2v) is 7.32. The Morgan fingerprint density at radius 2 is 2.07 bits per heavy atom. The summed E-state index contributed by atoms with van der Waals surface area (Å²) >= 11 is 7.38. The first-order valence-electron chi connectivity index (χ1n) is 8.09. The fraction of sp³-hybridized carbons (Fsp3) is 0.105. The van der Waals surface area contributed by atoms with Crippen LogP contribution in [0.25, 0.3) is 21.5 Å². The van der Waals surface area contributed by atoms with Crippen LogP contribution in [0.4, 0.5) is 5.13 Å². The Kier molecular flexibility index (Phi) is 4.55. The van der Waals surface area contributed by atoms with Crippen molar-refractivity contribution in [2.75, 3.05) is 12.4 Å². The van der Waals surface area contributed by atoms with E-state index < -0.39 is 0 Å². The fourth-order valence-corrected chi connectivity index (χ4v) is 3.85. The summed E-state index contributed by atoms with van der Waals surface area (Å²) in [7, 11) is 3.35. The highest BCUT2D eigenvalue weighted by atomic mass is 35.5. The Morgan fingerprint density at radius 3 is 2.89 bits per heavy atom. The molecule has 2 aromatic carbocycles. The van der Waals surface area contributed by atoms with Gasteiger partial charge >= 0.3 is 0 Å². The number of halogens is 1. The van der Waals surface area contributed by atoms with Crippen LogP contribution < -0.4 is 10.1 Å². The van der Waals surface area contributed by atoms with Crippen LogP contribution >= 0.6 is 22.9 Å². The molecule has 0 saturated heterocycles. The molecule has 0 aliphatic rings. The molecule has 0 unspecified atom stereocenters. The van der Waals surface area contributed by atoms with Gasteiger partial charge in [0, 0.05) is 17.6 Å². The first kappa shape index (κ1) is 17.5. The van der Waals surface area contributed by atoms with Crippen LogP contribution in [-0.4, -0.2) is 27.8 Å². The lowest BCUT2D eigenvalue weighted by atomic mass is 10.1. The summed E-state index contributed by atoms with van der Waals surface area (Å²) in [4.78, 5) is 17.1. The predicted molar refractivity (Wildman–Crippen MR) is 108 cm³/mol. The molecular formula is C19H15ClN4O2S. The fourth-order valence-electron chi connectivity index (χ4n) is 2.72. The largest absolute Gasteiger partial charge is 0.497 e. The number of hydrogen-bond acceptors (Lipinski definition) is 5. The normalized spacial score (nSPS) is 10.9. The first-order valence-corrected chi connectivity index (χ1v) is 9.29. The number of rotatable bonds is 4. The molecule has 136 valence electrons. The molecule has 0 atom stereocenters. The van der Waals surface area contributed by atoms with Crippen molar-refractivity contribution >= 4 is 44.2 Å². The summed E-state index contributed by atoms with van der Waals surface area (Å²) < 4.78 is 7.71. The third kappa shape index (κ3) is 3.51. The quantitative estimate of drug-likeness (QED) is 0.545. The van der Waals surface area contributed by atoms with Crippen molar-refractivity contribution < 1.29 is 9.53 Å². The van der Waals surface area contributed by atoms with Gasteiger partial charge in [0.15, 0.2) is 5.13 Å². The second kappa shape index (κ2) is 7.02. The van der Waals surface area contributed by atoms with Gasteiger partial charge in [-0.2, -0.15) is 5.10 Å². The molecule has 2 aromatic heterocycles. The summed E-state index contributed by atoms with van der Waals surface area (Å²) in [5.41, 5.74) is 2.79. The van der Waals surface area contributed by atoms with E-state index in [2.05, 4.69) is 15.4 Å². The van der Waals surface area contributed by atoms with E-state index >= 15 is 0 Å². The Hall–Kier alpha value is -2.90. The standard InChI is InChI=1S/C19H15ClN4O2S/c1-24-16(10-15(23-24)11-4-3-5-13(8-11)26-2)18(25)22-19-21-14-7-6-12(20)9-17(14)27-19/h3-10H,1-2H3,(H,21,22,25). The highest BCUT2D eigenvalue weighted by Gasteiger charge is 2.16. The van der Waals surface area contributed by atoms with Gasteiger partial charge in [-0.3, -0.25) is 14.8 Å². The maximum atomic E-state index is 12.7. The molecule has 1 N–H and O–H groups in total. The van der Waals surface area contributed by atoms with Gasteiger partial charge < -0.3 is 4.74 Å². The molecule has 0 bridgehead atoms. The lowest BCUT2D eigenvalue weighted by molar-refractivity contribution is 0.101. The van der Waals surface area contributed by atoms with Crippen LogP contribution in [0.5, 0.6) is 5.75 Å². The van der Waals surface area contributed by atoms with Crippen LogP contribution in [0.1, 0.15) is 10.5 Å². The molecular weight excluding hydrogens is 384 g/mol. The maximum absolute atomic E-state index is 12.7. The molecule has 6 nitrogen and oxygen atoms in total. The smallest absolute Gasteiger partial charge is 0.275 e. The minimum absolute atomic E-state index is 0.274. The molecule has 0 spiro atoms. The zero-order chi connectivity index (χ0) is 19.0. The molecule has 4 rings (SSSR count). The van der Waals surface area contributed by atoms with Gasteiger partial charge in [0.2, 0.25) is 0 Å². The number of anilines is 1. The summed E-state index contributed by atoms with van der Waals surface area (Å²) in [6.07, 6.45) is 0. The predicted octanol–water partition coefficient (Wildman–Crippen LogP) is 4.61. The van der Waals surface area contributed by atoms with E-state index in [0.29, 0.717) is 21.5 Å². The minimum atomic E-state index is -0.274. The van der Waals surface area contributed by atoms with Crippen LogP contribution in [0.2, 0.25) is 5.02 Å². The number of aromatic nitrogens is 3. The number of fused-ring (bicyclic) bond motifs is 1. The molecule has 8 heteroatoms. The number of hydrogen-bond donors (Lipinski definition) is 1. The maximum Gasteiger partial charge on any atom is 0.275 e. The molecule has 1 amide bonds. The highest BCUT2D eigenvalue weighted by molar-refractivity contribution is 7.22. The Labute approximate surface area is 164 Å². The van der Waals surface area contributed by atoms with Gasteiger partial charge in [-0.25, -0.2) is 4.98 Å².